The molecule has 7 nitrogen and oxygen atoms in total. The minimum Gasteiger partial charge on any atom is -0.493 e. The first kappa shape index (κ1) is 25.6. The molecule has 0 saturated carbocycles. The number of nitrogens with one attached hydrogen (secondary N) is 2. The third-order valence-corrected chi connectivity index (χ3v) is 6.09. The first-order valence-corrected chi connectivity index (χ1v) is 11.7. The van der Waals surface area contributed by atoms with E-state index >= 15 is 0 Å². The Kier molecular flexibility index (Phi) is 10.1. The summed E-state index contributed by atoms with van der Waals surface area (Å²) in [6.07, 6.45) is 5.54. The van der Waals surface area contributed by atoms with Gasteiger partial charge in [-0.2, -0.15) is 0 Å². The van der Waals surface area contributed by atoms with Gasteiger partial charge in [0, 0.05) is 57.5 Å². The molecule has 33 heavy (non-hydrogen) atoms. The fourth-order valence-corrected chi connectivity index (χ4v) is 4.10. The lowest BCUT2D eigenvalue weighted by molar-refractivity contribution is 0.166. The standard InChI is InChI=1S/C25H35N5O2.HI/c1-19-5-7-22(23(13-19)32-18-21-9-12-31-17-21)16-29-25(26-2)28-15-20-6-8-24(27-14-20)30-10-3-4-11-30;/h5-8,13-14,21H,3-4,9-12,15-18H2,1-2H3,(H2,26,28,29);1H. The highest BCUT2D eigenvalue weighted by atomic mass is 127. The lowest BCUT2D eigenvalue weighted by Gasteiger charge is -2.17. The van der Waals surface area contributed by atoms with Gasteiger partial charge in [-0.3, -0.25) is 4.99 Å². The van der Waals surface area contributed by atoms with Crippen molar-refractivity contribution in [1.29, 1.82) is 0 Å². The molecule has 2 saturated heterocycles. The van der Waals surface area contributed by atoms with Crippen molar-refractivity contribution in [2.24, 2.45) is 10.9 Å². The lowest BCUT2D eigenvalue weighted by Crippen LogP contribution is -2.36. The van der Waals surface area contributed by atoms with E-state index in [9.17, 15) is 0 Å². The quantitative estimate of drug-likeness (QED) is 0.288. The summed E-state index contributed by atoms with van der Waals surface area (Å²) < 4.78 is 11.6. The van der Waals surface area contributed by atoms with Crippen molar-refractivity contribution < 1.29 is 9.47 Å². The van der Waals surface area contributed by atoms with E-state index < -0.39 is 0 Å². The molecule has 1 atom stereocenters. The molecule has 2 N–H and O–H groups in total. The number of rotatable bonds is 8. The maximum Gasteiger partial charge on any atom is 0.191 e. The second-order valence-corrected chi connectivity index (χ2v) is 8.65. The molecule has 0 bridgehead atoms. The molecule has 3 heterocycles. The zero-order chi connectivity index (χ0) is 22.2. The van der Waals surface area contributed by atoms with Gasteiger partial charge in [0.1, 0.15) is 11.6 Å². The van der Waals surface area contributed by atoms with Crippen molar-refractivity contribution >= 4 is 35.8 Å². The maximum atomic E-state index is 6.16. The fraction of sp³-hybridized carbons (Fsp3) is 0.520. The Hall–Kier alpha value is -2.07. The van der Waals surface area contributed by atoms with Gasteiger partial charge in [0.25, 0.3) is 0 Å². The molecular formula is C25H36IN5O2. The van der Waals surface area contributed by atoms with E-state index in [1.54, 1.807) is 7.05 Å². The Labute approximate surface area is 214 Å². The van der Waals surface area contributed by atoms with E-state index in [0.29, 0.717) is 25.6 Å². The highest BCUT2D eigenvalue weighted by molar-refractivity contribution is 14.0. The van der Waals surface area contributed by atoms with E-state index in [1.807, 2.05) is 6.20 Å². The maximum absolute atomic E-state index is 6.16. The first-order chi connectivity index (χ1) is 15.7. The number of aryl methyl sites for hydroxylation is 1. The highest BCUT2D eigenvalue weighted by Gasteiger charge is 2.17. The van der Waals surface area contributed by atoms with Gasteiger partial charge in [-0.15, -0.1) is 24.0 Å². The first-order valence-electron chi connectivity index (χ1n) is 11.7. The summed E-state index contributed by atoms with van der Waals surface area (Å²) in [7, 11) is 1.79. The minimum absolute atomic E-state index is 0. The Morgan fingerprint density at radius 3 is 2.70 bits per heavy atom. The van der Waals surface area contributed by atoms with E-state index in [4.69, 9.17) is 9.47 Å². The number of hydrogen-bond acceptors (Lipinski definition) is 5. The molecule has 2 aliphatic rings. The average molecular weight is 566 g/mol. The topological polar surface area (TPSA) is 71.0 Å². The summed E-state index contributed by atoms with van der Waals surface area (Å²) in [4.78, 5) is 11.3. The molecule has 1 aromatic carbocycles. The summed E-state index contributed by atoms with van der Waals surface area (Å²) in [6.45, 7) is 7.96. The van der Waals surface area contributed by atoms with Gasteiger partial charge in [-0.25, -0.2) is 4.98 Å². The van der Waals surface area contributed by atoms with Crippen molar-refractivity contribution in [3.63, 3.8) is 0 Å². The van der Waals surface area contributed by atoms with Gasteiger partial charge in [0.15, 0.2) is 5.96 Å². The second kappa shape index (κ2) is 13.0. The van der Waals surface area contributed by atoms with Gasteiger partial charge in [-0.1, -0.05) is 18.2 Å². The van der Waals surface area contributed by atoms with Gasteiger partial charge in [0.05, 0.1) is 13.2 Å². The highest BCUT2D eigenvalue weighted by Crippen LogP contribution is 2.23. The van der Waals surface area contributed by atoms with Crippen molar-refractivity contribution in [1.82, 2.24) is 15.6 Å². The summed E-state index contributed by atoms with van der Waals surface area (Å²) >= 11 is 0. The van der Waals surface area contributed by atoms with Gasteiger partial charge >= 0.3 is 0 Å². The Morgan fingerprint density at radius 1 is 1.18 bits per heavy atom. The van der Waals surface area contributed by atoms with Crippen LogP contribution in [0.25, 0.3) is 0 Å². The second-order valence-electron chi connectivity index (χ2n) is 8.65. The third kappa shape index (κ3) is 7.46. The van der Waals surface area contributed by atoms with E-state index in [-0.39, 0.29) is 24.0 Å². The van der Waals surface area contributed by atoms with E-state index in [2.05, 4.69) is 62.8 Å². The number of pyridine rings is 1. The molecule has 0 aliphatic carbocycles. The van der Waals surface area contributed by atoms with Crippen molar-refractivity contribution in [2.45, 2.75) is 39.3 Å². The van der Waals surface area contributed by atoms with Crippen LogP contribution in [0.5, 0.6) is 5.75 Å². The fourth-order valence-electron chi connectivity index (χ4n) is 4.10. The molecular weight excluding hydrogens is 529 g/mol. The molecule has 2 fully saturated rings. The lowest BCUT2D eigenvalue weighted by atomic mass is 10.1. The SMILES string of the molecule is CN=C(NCc1ccc(N2CCCC2)nc1)NCc1ccc(C)cc1OCC1CCOC1.I. The number of anilines is 1. The van der Waals surface area contributed by atoms with Crippen molar-refractivity contribution in [3.8, 4) is 5.75 Å². The zero-order valence-electron chi connectivity index (χ0n) is 19.7. The molecule has 8 heteroatoms. The number of hydrogen-bond donors (Lipinski definition) is 2. The monoisotopic (exact) mass is 565 g/mol. The van der Waals surface area contributed by atoms with Crippen LogP contribution in [-0.4, -0.2) is 50.9 Å². The Bertz CT molecular complexity index is 894. The van der Waals surface area contributed by atoms with E-state index in [1.165, 1.54) is 18.4 Å². The summed E-state index contributed by atoms with van der Waals surface area (Å²) in [5, 5.41) is 6.79. The van der Waals surface area contributed by atoms with Crippen LogP contribution in [0.3, 0.4) is 0 Å². The van der Waals surface area contributed by atoms with Crippen LogP contribution in [-0.2, 0) is 17.8 Å². The average Bonchev–Trinajstić information content (AvgIpc) is 3.54. The largest absolute Gasteiger partial charge is 0.493 e. The van der Waals surface area contributed by atoms with Crippen LogP contribution >= 0.6 is 24.0 Å². The van der Waals surface area contributed by atoms with Crippen LogP contribution in [0.1, 0.15) is 36.0 Å². The van der Waals surface area contributed by atoms with E-state index in [0.717, 1.165) is 61.4 Å². The molecule has 180 valence electrons. The number of aliphatic imine (C=N–C) groups is 1. The molecule has 1 unspecified atom stereocenters. The van der Waals surface area contributed by atoms with Crippen LogP contribution in [0.4, 0.5) is 5.82 Å². The van der Waals surface area contributed by atoms with Crippen LogP contribution in [0.2, 0.25) is 0 Å². The zero-order valence-corrected chi connectivity index (χ0v) is 22.0. The molecule has 0 amide bonds. The van der Waals surface area contributed by atoms with Crippen molar-refractivity contribution in [2.75, 3.05) is 44.9 Å². The number of benzene rings is 1. The predicted molar refractivity (Wildman–Crippen MR) is 144 cm³/mol. The van der Waals surface area contributed by atoms with Gasteiger partial charge < -0.3 is 25.0 Å². The number of aromatic nitrogens is 1. The van der Waals surface area contributed by atoms with Crippen LogP contribution in [0, 0.1) is 12.8 Å². The van der Waals surface area contributed by atoms with Crippen molar-refractivity contribution in [3.05, 3.63) is 53.2 Å². The molecule has 0 spiro atoms. The van der Waals surface area contributed by atoms with Gasteiger partial charge in [0.2, 0.25) is 0 Å². The molecule has 0 radical (unpaired) electrons. The third-order valence-electron chi connectivity index (χ3n) is 6.09. The molecule has 2 aromatic rings. The van der Waals surface area contributed by atoms with Gasteiger partial charge in [-0.05, 0) is 49.4 Å². The number of guanidine groups is 1. The summed E-state index contributed by atoms with van der Waals surface area (Å²) in [6, 6.07) is 10.6. The summed E-state index contributed by atoms with van der Waals surface area (Å²) in [5.41, 5.74) is 3.45. The number of halogens is 1. The van der Waals surface area contributed by atoms with Crippen LogP contribution in [0.15, 0.2) is 41.5 Å². The predicted octanol–water partition coefficient (Wildman–Crippen LogP) is 3.89. The Balaban J connectivity index is 0.00000306. The number of ether oxygens (including phenoxy) is 2. The minimum atomic E-state index is 0. The molecule has 4 rings (SSSR count). The normalized spacial score (nSPS) is 18.2. The molecule has 2 aliphatic heterocycles. The van der Waals surface area contributed by atoms with Crippen LogP contribution < -0.4 is 20.3 Å². The summed E-state index contributed by atoms with van der Waals surface area (Å²) in [5.74, 6) is 3.24. The Morgan fingerprint density at radius 2 is 2.00 bits per heavy atom. The smallest absolute Gasteiger partial charge is 0.191 e. The molecule has 1 aromatic heterocycles. The number of nitrogens with zero attached hydrogens (tertiary/aromatic N) is 3.